The van der Waals surface area contributed by atoms with Gasteiger partial charge in [-0.25, -0.2) is 4.99 Å². The van der Waals surface area contributed by atoms with Crippen LogP contribution >= 0.6 is 11.8 Å². The third kappa shape index (κ3) is 5.03. The number of hydrogen-bond acceptors (Lipinski definition) is 5. The second-order valence-corrected chi connectivity index (χ2v) is 7.50. The zero-order valence-electron chi connectivity index (χ0n) is 16.3. The normalized spacial score (nSPS) is 17.1. The fourth-order valence-electron chi connectivity index (χ4n) is 2.69. The summed E-state index contributed by atoms with van der Waals surface area (Å²) in [5.74, 6) is 0.686. The van der Waals surface area contributed by atoms with Crippen LogP contribution in [-0.2, 0) is 9.53 Å². The van der Waals surface area contributed by atoms with Gasteiger partial charge in [-0.2, -0.15) is 0 Å². The summed E-state index contributed by atoms with van der Waals surface area (Å²) in [6.45, 7) is 4.86. The van der Waals surface area contributed by atoms with Gasteiger partial charge in [-0.15, -0.1) is 0 Å². The number of para-hydroxylation sites is 2. The summed E-state index contributed by atoms with van der Waals surface area (Å²) < 4.78 is 11.0. The molecule has 0 aromatic heterocycles. The Labute approximate surface area is 170 Å². The van der Waals surface area contributed by atoms with Crippen LogP contribution in [0.25, 0.3) is 6.08 Å². The highest BCUT2D eigenvalue weighted by atomic mass is 32.2. The molecule has 0 saturated carbocycles. The minimum absolute atomic E-state index is 0.0555. The van der Waals surface area contributed by atoms with Crippen LogP contribution < -0.4 is 4.74 Å². The van der Waals surface area contributed by atoms with E-state index in [4.69, 9.17) is 9.47 Å². The Morgan fingerprint density at radius 3 is 2.54 bits per heavy atom. The zero-order valence-corrected chi connectivity index (χ0v) is 17.1. The van der Waals surface area contributed by atoms with Crippen LogP contribution in [0, 0.1) is 0 Å². The number of carbonyl (C=O) groups excluding carboxylic acids is 1. The number of aliphatic imine (C=N–C) groups is 1. The van der Waals surface area contributed by atoms with Gasteiger partial charge in [-0.1, -0.05) is 36.4 Å². The number of rotatable bonds is 7. The SMILES string of the molecule is COCCN1C(=O)C(=Cc2ccccc2OC(C)C)SC1=Nc1ccccc1. The minimum atomic E-state index is -0.0731. The van der Waals surface area contributed by atoms with E-state index in [1.165, 1.54) is 11.8 Å². The van der Waals surface area contributed by atoms with E-state index in [2.05, 4.69) is 4.99 Å². The number of amidine groups is 1. The quantitative estimate of drug-likeness (QED) is 0.635. The average Bonchev–Trinajstić information content (AvgIpc) is 2.96. The first-order valence-electron chi connectivity index (χ1n) is 9.18. The lowest BCUT2D eigenvalue weighted by Gasteiger charge is -2.14. The van der Waals surface area contributed by atoms with Gasteiger partial charge >= 0.3 is 0 Å². The van der Waals surface area contributed by atoms with E-state index >= 15 is 0 Å². The molecule has 0 atom stereocenters. The molecule has 0 bridgehead atoms. The number of thioether (sulfide) groups is 1. The first-order valence-corrected chi connectivity index (χ1v) is 10.00. The molecule has 1 fully saturated rings. The molecule has 1 saturated heterocycles. The van der Waals surface area contributed by atoms with Crippen molar-refractivity contribution in [1.82, 2.24) is 4.90 Å². The predicted octanol–water partition coefficient (Wildman–Crippen LogP) is 4.72. The van der Waals surface area contributed by atoms with E-state index in [-0.39, 0.29) is 12.0 Å². The average molecular weight is 397 g/mol. The topological polar surface area (TPSA) is 51.1 Å². The molecule has 0 N–H and O–H groups in total. The molecule has 2 aromatic carbocycles. The van der Waals surface area contributed by atoms with E-state index in [1.807, 2.05) is 74.5 Å². The lowest BCUT2D eigenvalue weighted by atomic mass is 10.2. The lowest BCUT2D eigenvalue weighted by Crippen LogP contribution is -2.32. The van der Waals surface area contributed by atoms with Crippen molar-refractivity contribution in [3.63, 3.8) is 0 Å². The molecule has 1 aliphatic rings. The van der Waals surface area contributed by atoms with Crippen LogP contribution in [0.5, 0.6) is 5.75 Å². The van der Waals surface area contributed by atoms with Crippen LogP contribution in [0.3, 0.4) is 0 Å². The second-order valence-electron chi connectivity index (χ2n) is 6.49. The van der Waals surface area contributed by atoms with Crippen molar-refractivity contribution in [1.29, 1.82) is 0 Å². The Morgan fingerprint density at radius 1 is 1.11 bits per heavy atom. The fourth-order valence-corrected chi connectivity index (χ4v) is 3.70. The van der Waals surface area contributed by atoms with Gasteiger partial charge in [0.25, 0.3) is 5.91 Å². The summed E-state index contributed by atoms with van der Waals surface area (Å²) in [6, 6.07) is 17.4. The maximum atomic E-state index is 13.0. The van der Waals surface area contributed by atoms with Gasteiger partial charge in [0.2, 0.25) is 0 Å². The summed E-state index contributed by atoms with van der Waals surface area (Å²) >= 11 is 1.37. The molecule has 6 heteroatoms. The smallest absolute Gasteiger partial charge is 0.266 e. The minimum Gasteiger partial charge on any atom is -0.490 e. The Hall–Kier alpha value is -2.57. The molecular formula is C22H24N2O3S. The summed E-state index contributed by atoms with van der Waals surface area (Å²) in [4.78, 5) is 20.0. The van der Waals surface area contributed by atoms with Crippen LogP contribution in [0.15, 0.2) is 64.5 Å². The molecule has 28 heavy (non-hydrogen) atoms. The van der Waals surface area contributed by atoms with Crippen LogP contribution in [0.4, 0.5) is 5.69 Å². The van der Waals surface area contributed by atoms with Crippen LogP contribution in [0.1, 0.15) is 19.4 Å². The summed E-state index contributed by atoms with van der Waals surface area (Å²) in [6.07, 6.45) is 1.93. The second kappa shape index (κ2) is 9.57. The number of ether oxygens (including phenoxy) is 2. The van der Waals surface area contributed by atoms with E-state index in [0.717, 1.165) is 17.0 Å². The molecule has 0 spiro atoms. The molecule has 5 nitrogen and oxygen atoms in total. The van der Waals surface area contributed by atoms with Crippen molar-refractivity contribution >= 4 is 34.6 Å². The molecule has 0 unspecified atom stereocenters. The van der Waals surface area contributed by atoms with Crippen molar-refractivity contribution < 1.29 is 14.3 Å². The van der Waals surface area contributed by atoms with Gasteiger partial charge in [-0.3, -0.25) is 9.69 Å². The highest BCUT2D eigenvalue weighted by Gasteiger charge is 2.33. The van der Waals surface area contributed by atoms with Gasteiger partial charge in [-0.05, 0) is 49.9 Å². The van der Waals surface area contributed by atoms with Crippen molar-refractivity contribution in [3.8, 4) is 5.75 Å². The molecular weight excluding hydrogens is 372 g/mol. The largest absolute Gasteiger partial charge is 0.490 e. The Kier molecular flexibility index (Phi) is 6.90. The maximum Gasteiger partial charge on any atom is 0.266 e. The molecule has 1 heterocycles. The molecule has 3 rings (SSSR count). The fraction of sp³-hybridized carbons (Fsp3) is 0.273. The van der Waals surface area contributed by atoms with E-state index < -0.39 is 0 Å². The number of benzene rings is 2. The molecule has 0 radical (unpaired) electrons. The summed E-state index contributed by atoms with van der Waals surface area (Å²) in [5.41, 5.74) is 1.68. The number of nitrogens with zero attached hydrogens (tertiary/aromatic N) is 2. The molecule has 1 aliphatic heterocycles. The molecule has 0 aliphatic carbocycles. The molecule has 2 aromatic rings. The number of carbonyl (C=O) groups is 1. The highest BCUT2D eigenvalue weighted by Crippen LogP contribution is 2.35. The summed E-state index contributed by atoms with van der Waals surface area (Å²) in [7, 11) is 1.62. The van der Waals surface area contributed by atoms with Crippen molar-refractivity contribution in [2.24, 2.45) is 4.99 Å². The van der Waals surface area contributed by atoms with E-state index in [1.54, 1.807) is 12.0 Å². The summed E-state index contributed by atoms with van der Waals surface area (Å²) in [5, 5.41) is 0.654. The van der Waals surface area contributed by atoms with Gasteiger partial charge in [0.1, 0.15) is 5.75 Å². The zero-order chi connectivity index (χ0) is 19.9. The van der Waals surface area contributed by atoms with Crippen molar-refractivity contribution in [2.75, 3.05) is 20.3 Å². The molecule has 1 amide bonds. The lowest BCUT2D eigenvalue weighted by molar-refractivity contribution is -0.122. The molecule has 146 valence electrons. The van der Waals surface area contributed by atoms with Gasteiger partial charge in [0.15, 0.2) is 5.17 Å². The van der Waals surface area contributed by atoms with E-state index in [9.17, 15) is 4.79 Å². The first-order chi connectivity index (χ1) is 13.6. The first kappa shape index (κ1) is 20.2. The maximum absolute atomic E-state index is 13.0. The van der Waals surface area contributed by atoms with E-state index in [0.29, 0.717) is 23.2 Å². The number of hydrogen-bond donors (Lipinski definition) is 0. The van der Waals surface area contributed by atoms with Gasteiger partial charge in [0.05, 0.1) is 29.8 Å². The third-order valence-corrected chi connectivity index (χ3v) is 4.96. The number of methoxy groups -OCH3 is 1. The Morgan fingerprint density at radius 2 is 1.82 bits per heavy atom. The van der Waals surface area contributed by atoms with Crippen LogP contribution in [0.2, 0.25) is 0 Å². The van der Waals surface area contributed by atoms with Gasteiger partial charge < -0.3 is 9.47 Å². The van der Waals surface area contributed by atoms with Crippen molar-refractivity contribution in [3.05, 3.63) is 65.1 Å². The predicted molar refractivity (Wildman–Crippen MR) is 115 cm³/mol. The standard InChI is InChI=1S/C22H24N2O3S/c1-16(2)27-19-12-8-7-9-17(19)15-20-21(25)24(13-14-26-3)22(28-20)23-18-10-5-4-6-11-18/h4-12,15-16H,13-14H2,1-3H3. The van der Waals surface area contributed by atoms with Crippen LogP contribution in [-0.4, -0.2) is 42.3 Å². The Balaban J connectivity index is 1.94. The van der Waals surface area contributed by atoms with Gasteiger partial charge in [0, 0.05) is 12.7 Å². The third-order valence-electron chi connectivity index (χ3n) is 3.96. The highest BCUT2D eigenvalue weighted by molar-refractivity contribution is 8.18. The Bertz CT molecular complexity index is 878. The number of amides is 1. The monoisotopic (exact) mass is 396 g/mol. The van der Waals surface area contributed by atoms with Crippen molar-refractivity contribution in [2.45, 2.75) is 20.0 Å².